The number of para-hydroxylation sites is 2. The van der Waals surface area contributed by atoms with Gasteiger partial charge in [0.25, 0.3) is 11.1 Å². The summed E-state index contributed by atoms with van der Waals surface area (Å²) in [4.78, 5) is 44.8. The molecule has 0 spiro atoms. The lowest BCUT2D eigenvalue weighted by atomic mass is 10.2. The molecule has 0 unspecified atom stereocenters. The summed E-state index contributed by atoms with van der Waals surface area (Å²) in [6, 6.07) is 10.3. The molecule has 2 aromatic heterocycles. The summed E-state index contributed by atoms with van der Waals surface area (Å²) >= 11 is 0. The van der Waals surface area contributed by atoms with Crippen molar-refractivity contribution in [3.05, 3.63) is 69.0 Å². The Morgan fingerprint density at radius 1 is 1.09 bits per heavy atom. The largest absolute Gasteiger partial charge is 0.327 e. The van der Waals surface area contributed by atoms with Gasteiger partial charge in [-0.25, -0.2) is 4.98 Å². The van der Waals surface area contributed by atoms with E-state index in [2.05, 4.69) is 20.3 Å². The second-order valence-electron chi connectivity index (χ2n) is 4.99. The van der Waals surface area contributed by atoms with Crippen molar-refractivity contribution in [2.45, 2.75) is 12.8 Å². The summed E-state index contributed by atoms with van der Waals surface area (Å²) in [6.45, 7) is 0. The Morgan fingerprint density at radius 3 is 2.74 bits per heavy atom. The molecule has 2 heterocycles. The van der Waals surface area contributed by atoms with Gasteiger partial charge < -0.3 is 15.3 Å². The van der Waals surface area contributed by atoms with Gasteiger partial charge >= 0.3 is 0 Å². The number of rotatable bonds is 4. The number of benzene rings is 1. The van der Waals surface area contributed by atoms with E-state index in [0.717, 1.165) is 0 Å². The highest BCUT2D eigenvalue weighted by Crippen LogP contribution is 2.07. The third-order valence-electron chi connectivity index (χ3n) is 3.35. The van der Waals surface area contributed by atoms with Crippen molar-refractivity contribution in [3.8, 4) is 0 Å². The minimum atomic E-state index is -0.373. The van der Waals surface area contributed by atoms with Crippen molar-refractivity contribution < 1.29 is 4.79 Å². The number of amides is 1. The highest BCUT2D eigenvalue weighted by molar-refractivity contribution is 5.90. The molecule has 7 heteroatoms. The second-order valence-corrected chi connectivity index (χ2v) is 4.99. The fourth-order valence-corrected chi connectivity index (χ4v) is 2.20. The van der Waals surface area contributed by atoms with Gasteiger partial charge in [0.2, 0.25) is 5.91 Å². The maximum atomic E-state index is 12.0. The molecule has 0 fully saturated rings. The number of aromatic amines is 2. The minimum absolute atomic E-state index is 0.0583. The fraction of sp³-hybridized carbons (Fsp3) is 0.125. The fourth-order valence-electron chi connectivity index (χ4n) is 2.20. The number of carbonyl (C=O) groups excluding carboxylic acids is 1. The van der Waals surface area contributed by atoms with E-state index in [1.165, 1.54) is 12.3 Å². The standard InChI is InChI=1S/C16H14N4O3/c21-14(19-12-6-3-9-17-15(12)22)8-7-13-16(23)20-11-5-2-1-4-10(11)18-13/h1-6,9H,7-8H2,(H,17,22)(H,19,21)(H,20,23). The molecule has 0 bridgehead atoms. The van der Waals surface area contributed by atoms with Crippen LogP contribution in [-0.2, 0) is 11.2 Å². The Morgan fingerprint density at radius 2 is 1.91 bits per heavy atom. The van der Waals surface area contributed by atoms with Gasteiger partial charge in [-0.1, -0.05) is 12.1 Å². The first-order chi connectivity index (χ1) is 11.1. The molecule has 0 aliphatic rings. The van der Waals surface area contributed by atoms with Crippen molar-refractivity contribution in [1.29, 1.82) is 0 Å². The summed E-state index contributed by atoms with van der Waals surface area (Å²) in [7, 11) is 0. The van der Waals surface area contributed by atoms with Crippen LogP contribution in [0, 0.1) is 0 Å². The van der Waals surface area contributed by atoms with E-state index in [1.807, 2.05) is 12.1 Å². The van der Waals surface area contributed by atoms with Crippen LogP contribution in [0.1, 0.15) is 12.1 Å². The molecule has 3 N–H and O–H groups in total. The molecule has 0 saturated carbocycles. The van der Waals surface area contributed by atoms with E-state index in [0.29, 0.717) is 16.7 Å². The summed E-state index contributed by atoms with van der Waals surface area (Å²) in [5.74, 6) is -0.351. The quantitative estimate of drug-likeness (QED) is 0.672. The molecular weight excluding hydrogens is 296 g/mol. The number of carbonyl (C=O) groups is 1. The second kappa shape index (κ2) is 6.27. The number of hydrogen-bond donors (Lipinski definition) is 3. The van der Waals surface area contributed by atoms with Crippen molar-refractivity contribution >= 4 is 22.6 Å². The predicted molar refractivity (Wildman–Crippen MR) is 86.4 cm³/mol. The molecule has 0 radical (unpaired) electrons. The number of aryl methyl sites for hydroxylation is 1. The lowest BCUT2D eigenvalue weighted by Crippen LogP contribution is -2.21. The van der Waals surface area contributed by atoms with Gasteiger partial charge in [0.05, 0.1) is 11.0 Å². The van der Waals surface area contributed by atoms with Crippen LogP contribution in [0.4, 0.5) is 5.69 Å². The van der Waals surface area contributed by atoms with Crippen molar-refractivity contribution in [3.63, 3.8) is 0 Å². The van der Waals surface area contributed by atoms with E-state index in [4.69, 9.17) is 0 Å². The topological polar surface area (TPSA) is 108 Å². The van der Waals surface area contributed by atoms with Gasteiger partial charge in [0.15, 0.2) is 0 Å². The normalized spacial score (nSPS) is 10.6. The maximum Gasteiger partial charge on any atom is 0.271 e. The van der Waals surface area contributed by atoms with Crippen LogP contribution < -0.4 is 16.4 Å². The first kappa shape index (κ1) is 14.7. The van der Waals surface area contributed by atoms with Gasteiger partial charge in [-0.15, -0.1) is 0 Å². The summed E-state index contributed by atoms with van der Waals surface area (Å²) in [5, 5.41) is 2.51. The summed E-state index contributed by atoms with van der Waals surface area (Å²) in [5.41, 5.74) is 1.11. The molecule has 0 aliphatic carbocycles. The lowest BCUT2D eigenvalue weighted by molar-refractivity contribution is -0.116. The van der Waals surface area contributed by atoms with Crippen molar-refractivity contribution in [2.75, 3.05) is 5.32 Å². The van der Waals surface area contributed by atoms with Crippen LogP contribution in [0.3, 0.4) is 0 Å². The number of nitrogens with zero attached hydrogens (tertiary/aromatic N) is 1. The molecule has 3 aromatic rings. The smallest absolute Gasteiger partial charge is 0.271 e. The molecule has 0 aliphatic heterocycles. The Labute approximate surface area is 130 Å². The maximum absolute atomic E-state index is 12.0. The molecule has 0 atom stereocenters. The number of fused-ring (bicyclic) bond motifs is 1. The van der Waals surface area contributed by atoms with Crippen LogP contribution in [0.15, 0.2) is 52.2 Å². The van der Waals surface area contributed by atoms with Crippen LogP contribution in [0.25, 0.3) is 11.0 Å². The molecule has 23 heavy (non-hydrogen) atoms. The summed E-state index contributed by atoms with van der Waals surface area (Å²) in [6.07, 6.45) is 1.73. The zero-order valence-electron chi connectivity index (χ0n) is 12.1. The number of nitrogens with one attached hydrogen (secondary N) is 3. The monoisotopic (exact) mass is 310 g/mol. The number of H-pyrrole nitrogens is 2. The van der Waals surface area contributed by atoms with E-state index < -0.39 is 0 Å². The van der Waals surface area contributed by atoms with Crippen LogP contribution in [0.5, 0.6) is 0 Å². The van der Waals surface area contributed by atoms with Gasteiger partial charge in [0.1, 0.15) is 11.4 Å². The highest BCUT2D eigenvalue weighted by atomic mass is 16.2. The molecule has 0 saturated heterocycles. The third-order valence-corrected chi connectivity index (χ3v) is 3.35. The molecule has 116 valence electrons. The molecule has 1 aromatic carbocycles. The number of hydrogen-bond acceptors (Lipinski definition) is 4. The average molecular weight is 310 g/mol. The average Bonchev–Trinajstić information content (AvgIpc) is 2.55. The first-order valence-corrected chi connectivity index (χ1v) is 7.09. The highest BCUT2D eigenvalue weighted by Gasteiger charge is 2.09. The van der Waals surface area contributed by atoms with Gasteiger partial charge in [-0.2, -0.15) is 0 Å². The lowest BCUT2D eigenvalue weighted by Gasteiger charge is -2.04. The zero-order valence-corrected chi connectivity index (χ0v) is 12.1. The van der Waals surface area contributed by atoms with Gasteiger partial charge in [0, 0.05) is 19.0 Å². The van der Waals surface area contributed by atoms with Crippen LogP contribution in [0.2, 0.25) is 0 Å². The molecule has 3 rings (SSSR count). The van der Waals surface area contributed by atoms with E-state index in [-0.39, 0.29) is 35.6 Å². The Bertz CT molecular complexity index is 974. The van der Waals surface area contributed by atoms with Gasteiger partial charge in [-0.05, 0) is 24.3 Å². The predicted octanol–water partition coefficient (Wildman–Crippen LogP) is 1.18. The number of aromatic nitrogens is 3. The first-order valence-electron chi connectivity index (χ1n) is 7.09. The third kappa shape index (κ3) is 3.34. The number of anilines is 1. The van der Waals surface area contributed by atoms with Crippen molar-refractivity contribution in [2.24, 2.45) is 0 Å². The SMILES string of the molecule is O=C(CCc1nc2ccccc2[nH]c1=O)Nc1ccc[nH]c1=O. The van der Waals surface area contributed by atoms with Crippen LogP contribution in [-0.4, -0.2) is 20.9 Å². The molecule has 7 nitrogen and oxygen atoms in total. The minimum Gasteiger partial charge on any atom is -0.327 e. The Hall–Kier alpha value is -3.22. The Kier molecular flexibility index (Phi) is 4.01. The van der Waals surface area contributed by atoms with E-state index in [9.17, 15) is 14.4 Å². The Balaban J connectivity index is 1.72. The van der Waals surface area contributed by atoms with E-state index in [1.54, 1.807) is 18.2 Å². The van der Waals surface area contributed by atoms with E-state index >= 15 is 0 Å². The molecular formula is C16H14N4O3. The number of pyridine rings is 1. The van der Waals surface area contributed by atoms with Crippen molar-refractivity contribution in [1.82, 2.24) is 15.0 Å². The zero-order chi connectivity index (χ0) is 16.2. The molecule has 1 amide bonds. The van der Waals surface area contributed by atoms with Gasteiger partial charge in [-0.3, -0.25) is 14.4 Å². The van der Waals surface area contributed by atoms with Crippen LogP contribution >= 0.6 is 0 Å². The summed E-state index contributed by atoms with van der Waals surface area (Å²) < 4.78 is 0.